The van der Waals surface area contributed by atoms with Gasteiger partial charge in [0.25, 0.3) is 0 Å². The summed E-state index contributed by atoms with van der Waals surface area (Å²) in [4.78, 5) is 3.61. The molecule has 0 aliphatic carbocycles. The first-order chi connectivity index (χ1) is 7.93. The molecule has 0 aromatic carbocycles. The van der Waals surface area contributed by atoms with Crippen molar-refractivity contribution < 1.29 is 17.6 Å². The van der Waals surface area contributed by atoms with Crippen molar-refractivity contribution in [2.24, 2.45) is 0 Å². The quantitative estimate of drug-likeness (QED) is 0.773. The first-order valence-electron chi connectivity index (χ1n) is 5.35. The molecular weight excluding hydrogens is 236 g/mol. The molecule has 1 unspecified atom stereocenters. The van der Waals surface area contributed by atoms with Crippen molar-refractivity contribution in [3.8, 4) is 0 Å². The van der Waals surface area contributed by atoms with Crippen molar-refractivity contribution in [1.82, 2.24) is 10.3 Å². The van der Waals surface area contributed by atoms with Crippen LogP contribution in [0, 0.1) is 0 Å². The van der Waals surface area contributed by atoms with Gasteiger partial charge in [-0.3, -0.25) is 4.98 Å². The minimum absolute atomic E-state index is 0.0920. The van der Waals surface area contributed by atoms with Crippen molar-refractivity contribution in [2.45, 2.75) is 24.7 Å². The molecule has 6 heteroatoms. The van der Waals surface area contributed by atoms with E-state index in [1.165, 1.54) is 0 Å². The Balaban J connectivity index is 2.44. The van der Waals surface area contributed by atoms with Crippen molar-refractivity contribution in [3.05, 3.63) is 29.6 Å². The Morgan fingerprint density at radius 1 is 1.35 bits per heavy atom. The minimum atomic E-state index is -4.55. The van der Waals surface area contributed by atoms with Crippen LogP contribution in [0.25, 0.3) is 0 Å². The van der Waals surface area contributed by atoms with Crippen molar-refractivity contribution in [2.75, 3.05) is 13.1 Å². The fourth-order valence-electron chi connectivity index (χ4n) is 2.10. The predicted molar refractivity (Wildman–Crippen MR) is 54.1 cm³/mol. The fraction of sp³-hybridized carbons (Fsp3) is 0.545. The third-order valence-corrected chi connectivity index (χ3v) is 2.94. The second-order valence-electron chi connectivity index (χ2n) is 4.16. The highest BCUT2D eigenvalue weighted by Crippen LogP contribution is 2.40. The first kappa shape index (κ1) is 12.3. The summed E-state index contributed by atoms with van der Waals surface area (Å²) in [6.07, 6.45) is -1.92. The van der Waals surface area contributed by atoms with E-state index in [-0.39, 0.29) is 18.5 Å². The van der Waals surface area contributed by atoms with Crippen LogP contribution >= 0.6 is 0 Å². The van der Waals surface area contributed by atoms with Crippen molar-refractivity contribution in [3.63, 3.8) is 0 Å². The standard InChI is InChI=1S/C11H12F4N2/c12-10(3-1-4-17-7-10)9-6-16-5-2-8(9)11(13,14)15/h2,5-6,17H,1,3-4,7H2. The van der Waals surface area contributed by atoms with E-state index < -0.39 is 17.4 Å². The largest absolute Gasteiger partial charge is 0.416 e. The van der Waals surface area contributed by atoms with Crippen molar-refractivity contribution in [1.29, 1.82) is 0 Å². The lowest BCUT2D eigenvalue weighted by molar-refractivity contribution is -0.139. The molecule has 2 rings (SSSR count). The number of rotatable bonds is 1. The molecule has 94 valence electrons. The molecule has 17 heavy (non-hydrogen) atoms. The predicted octanol–water partition coefficient (Wildman–Crippen LogP) is 2.65. The third kappa shape index (κ3) is 2.41. The highest BCUT2D eigenvalue weighted by atomic mass is 19.4. The zero-order chi connectivity index (χ0) is 12.5. The summed E-state index contributed by atoms with van der Waals surface area (Å²) in [5.41, 5.74) is -3.27. The summed E-state index contributed by atoms with van der Waals surface area (Å²) in [6.45, 7) is 0.537. The van der Waals surface area contributed by atoms with Gasteiger partial charge in [-0.2, -0.15) is 13.2 Å². The van der Waals surface area contributed by atoms with E-state index in [4.69, 9.17) is 0 Å². The lowest BCUT2D eigenvalue weighted by Crippen LogP contribution is -2.41. The summed E-state index contributed by atoms with van der Waals surface area (Å²) in [5, 5.41) is 2.78. The molecule has 1 aliphatic heterocycles. The molecule has 1 N–H and O–H groups in total. The number of pyridine rings is 1. The number of aromatic nitrogens is 1. The zero-order valence-corrected chi connectivity index (χ0v) is 9.02. The molecule has 1 saturated heterocycles. The topological polar surface area (TPSA) is 24.9 Å². The molecule has 2 nitrogen and oxygen atoms in total. The second-order valence-corrected chi connectivity index (χ2v) is 4.16. The van der Waals surface area contributed by atoms with Crippen LogP contribution in [0.4, 0.5) is 17.6 Å². The van der Waals surface area contributed by atoms with Crippen LogP contribution < -0.4 is 5.32 Å². The van der Waals surface area contributed by atoms with Gasteiger partial charge in [0.15, 0.2) is 0 Å². The second kappa shape index (κ2) is 4.25. The highest BCUT2D eigenvalue weighted by molar-refractivity contribution is 5.32. The van der Waals surface area contributed by atoms with Gasteiger partial charge in [0.05, 0.1) is 5.56 Å². The van der Waals surface area contributed by atoms with E-state index in [0.717, 1.165) is 18.5 Å². The Bertz CT molecular complexity index is 397. The van der Waals surface area contributed by atoms with Gasteiger partial charge >= 0.3 is 6.18 Å². The Hall–Kier alpha value is -1.17. The monoisotopic (exact) mass is 248 g/mol. The molecule has 1 aliphatic rings. The molecule has 1 atom stereocenters. The number of hydrogen-bond acceptors (Lipinski definition) is 2. The van der Waals surface area contributed by atoms with Gasteiger partial charge in [-0.05, 0) is 25.5 Å². The molecule has 0 bridgehead atoms. The molecular formula is C11H12F4N2. The molecule has 0 amide bonds. The maximum absolute atomic E-state index is 14.5. The SMILES string of the molecule is FC(F)(F)c1ccncc1C1(F)CCCNC1. The van der Waals surface area contributed by atoms with Crippen LogP contribution in [-0.4, -0.2) is 18.1 Å². The summed E-state index contributed by atoms with van der Waals surface area (Å²) in [5.74, 6) is 0. The molecule has 1 fully saturated rings. The number of alkyl halides is 4. The van der Waals surface area contributed by atoms with Gasteiger partial charge in [0.1, 0.15) is 5.67 Å². The Kier molecular flexibility index (Phi) is 3.07. The highest BCUT2D eigenvalue weighted by Gasteiger charge is 2.42. The number of nitrogens with zero attached hydrogens (tertiary/aromatic N) is 1. The Labute approximate surface area is 96.0 Å². The number of nitrogens with one attached hydrogen (secondary N) is 1. The van der Waals surface area contributed by atoms with E-state index in [9.17, 15) is 17.6 Å². The first-order valence-corrected chi connectivity index (χ1v) is 5.35. The van der Waals surface area contributed by atoms with Gasteiger partial charge in [-0.25, -0.2) is 4.39 Å². The summed E-state index contributed by atoms with van der Waals surface area (Å²) >= 11 is 0. The molecule has 0 saturated carbocycles. The molecule has 1 aromatic rings. The van der Waals surface area contributed by atoms with Gasteiger partial charge in [-0.15, -0.1) is 0 Å². The van der Waals surface area contributed by atoms with E-state index in [1.54, 1.807) is 0 Å². The molecule has 1 aromatic heterocycles. The minimum Gasteiger partial charge on any atom is -0.313 e. The Morgan fingerprint density at radius 3 is 2.71 bits per heavy atom. The van der Waals surface area contributed by atoms with Crippen LogP contribution in [0.2, 0.25) is 0 Å². The molecule has 0 spiro atoms. The average molecular weight is 248 g/mol. The smallest absolute Gasteiger partial charge is 0.313 e. The number of piperidine rings is 1. The third-order valence-electron chi connectivity index (χ3n) is 2.94. The van der Waals surface area contributed by atoms with Gasteiger partial charge in [0.2, 0.25) is 0 Å². The van der Waals surface area contributed by atoms with E-state index >= 15 is 0 Å². The van der Waals surface area contributed by atoms with E-state index in [0.29, 0.717) is 13.0 Å². The summed E-state index contributed by atoms with van der Waals surface area (Å²) < 4.78 is 52.8. The van der Waals surface area contributed by atoms with E-state index in [1.807, 2.05) is 0 Å². The maximum atomic E-state index is 14.5. The van der Waals surface area contributed by atoms with Crippen LogP contribution in [0.1, 0.15) is 24.0 Å². The van der Waals surface area contributed by atoms with Gasteiger partial charge < -0.3 is 5.32 Å². The van der Waals surface area contributed by atoms with Gasteiger partial charge in [-0.1, -0.05) is 0 Å². The lowest BCUT2D eigenvalue weighted by atomic mass is 9.86. The maximum Gasteiger partial charge on any atom is 0.416 e. The molecule has 2 heterocycles. The fourth-order valence-corrected chi connectivity index (χ4v) is 2.10. The summed E-state index contributed by atoms with van der Waals surface area (Å²) in [7, 11) is 0. The van der Waals surface area contributed by atoms with Gasteiger partial charge in [0, 0.05) is 24.5 Å². The zero-order valence-electron chi connectivity index (χ0n) is 9.02. The average Bonchev–Trinajstić information content (AvgIpc) is 2.29. The lowest BCUT2D eigenvalue weighted by Gasteiger charge is -2.32. The van der Waals surface area contributed by atoms with Crippen molar-refractivity contribution >= 4 is 0 Å². The van der Waals surface area contributed by atoms with E-state index in [2.05, 4.69) is 10.3 Å². The van der Waals surface area contributed by atoms with Crippen LogP contribution in [0.5, 0.6) is 0 Å². The normalized spacial score (nSPS) is 25.9. The Morgan fingerprint density at radius 2 is 2.12 bits per heavy atom. The number of hydrogen-bond donors (Lipinski definition) is 1. The van der Waals surface area contributed by atoms with Crippen LogP contribution in [-0.2, 0) is 11.8 Å². The van der Waals surface area contributed by atoms with Crippen LogP contribution in [0.15, 0.2) is 18.5 Å². The summed E-state index contributed by atoms with van der Waals surface area (Å²) in [6, 6.07) is 0.825. The molecule has 0 radical (unpaired) electrons. The number of halogens is 4. The van der Waals surface area contributed by atoms with Crippen LogP contribution in [0.3, 0.4) is 0 Å².